The van der Waals surface area contributed by atoms with Gasteiger partial charge in [-0.05, 0) is 11.6 Å². The molecule has 1 atom stereocenters. The van der Waals surface area contributed by atoms with Crippen LogP contribution in [0.15, 0.2) is 54.6 Å². The molecule has 166 valence electrons. The van der Waals surface area contributed by atoms with Gasteiger partial charge in [-0.25, -0.2) is 4.79 Å². The van der Waals surface area contributed by atoms with Gasteiger partial charge in [-0.2, -0.15) is 0 Å². The molecule has 1 spiro atoms. The van der Waals surface area contributed by atoms with Crippen LogP contribution in [0, 0.1) is 0 Å². The number of benzene rings is 2. The van der Waals surface area contributed by atoms with E-state index in [1.165, 1.54) is 5.56 Å². The van der Waals surface area contributed by atoms with E-state index in [-0.39, 0.29) is 18.4 Å². The minimum Gasteiger partial charge on any atom is -0.493 e. The molecular formula is C24H26N4O4. The highest BCUT2D eigenvalue weighted by Crippen LogP contribution is 2.40. The van der Waals surface area contributed by atoms with Gasteiger partial charge in [-0.3, -0.25) is 19.4 Å². The molecule has 2 aromatic rings. The highest BCUT2D eigenvalue weighted by atomic mass is 16.5. The Bertz CT molecular complexity index is 1040. The largest absolute Gasteiger partial charge is 0.493 e. The van der Waals surface area contributed by atoms with Gasteiger partial charge in [-0.1, -0.05) is 48.5 Å². The molecule has 8 nitrogen and oxygen atoms in total. The molecule has 5 rings (SSSR count). The van der Waals surface area contributed by atoms with Gasteiger partial charge in [0.05, 0.1) is 6.61 Å². The quantitative estimate of drug-likeness (QED) is 0.739. The Morgan fingerprint density at radius 3 is 2.47 bits per heavy atom. The van der Waals surface area contributed by atoms with Crippen LogP contribution in [0.5, 0.6) is 5.75 Å². The van der Waals surface area contributed by atoms with Crippen LogP contribution in [-0.2, 0) is 21.7 Å². The Kier molecular flexibility index (Phi) is 5.30. The van der Waals surface area contributed by atoms with Crippen molar-refractivity contribution in [2.45, 2.75) is 18.5 Å². The van der Waals surface area contributed by atoms with Crippen LogP contribution >= 0.6 is 0 Å². The summed E-state index contributed by atoms with van der Waals surface area (Å²) in [5, 5.41) is 2.85. The predicted molar refractivity (Wildman–Crippen MR) is 117 cm³/mol. The van der Waals surface area contributed by atoms with Gasteiger partial charge in [-0.15, -0.1) is 0 Å². The SMILES string of the molecule is O=C(CN1C(=O)NC2(CCOc3ccccc32)C1=O)N1CCN(Cc2ccccc2)CC1. The number of hydrogen-bond acceptors (Lipinski definition) is 5. The van der Waals surface area contributed by atoms with Crippen molar-refractivity contribution in [2.24, 2.45) is 0 Å². The number of imide groups is 1. The summed E-state index contributed by atoms with van der Waals surface area (Å²) in [5.74, 6) is 0.00897. The highest BCUT2D eigenvalue weighted by Gasteiger charge is 2.55. The number of para-hydroxylation sites is 1. The third kappa shape index (κ3) is 3.60. The van der Waals surface area contributed by atoms with Crippen LogP contribution in [0.1, 0.15) is 17.5 Å². The molecule has 0 radical (unpaired) electrons. The molecular weight excluding hydrogens is 408 g/mol. The maximum Gasteiger partial charge on any atom is 0.325 e. The van der Waals surface area contributed by atoms with Crippen LogP contribution in [0.25, 0.3) is 0 Å². The number of rotatable bonds is 4. The van der Waals surface area contributed by atoms with Crippen molar-refractivity contribution < 1.29 is 19.1 Å². The first-order chi connectivity index (χ1) is 15.6. The van der Waals surface area contributed by atoms with Crippen LogP contribution in [0.4, 0.5) is 4.79 Å². The Morgan fingerprint density at radius 2 is 1.69 bits per heavy atom. The minimum atomic E-state index is -1.15. The molecule has 0 bridgehead atoms. The average Bonchev–Trinajstić information content (AvgIpc) is 3.05. The lowest BCUT2D eigenvalue weighted by Crippen LogP contribution is -2.52. The van der Waals surface area contributed by atoms with Crippen molar-refractivity contribution in [1.29, 1.82) is 0 Å². The molecule has 0 aromatic heterocycles. The Labute approximate surface area is 186 Å². The van der Waals surface area contributed by atoms with E-state index in [2.05, 4.69) is 22.3 Å². The first-order valence-electron chi connectivity index (χ1n) is 11.0. The van der Waals surface area contributed by atoms with E-state index in [0.717, 1.165) is 24.5 Å². The molecule has 32 heavy (non-hydrogen) atoms. The zero-order valence-corrected chi connectivity index (χ0v) is 17.8. The van der Waals surface area contributed by atoms with E-state index in [0.29, 0.717) is 37.4 Å². The fraction of sp³-hybridized carbons (Fsp3) is 0.375. The van der Waals surface area contributed by atoms with Crippen molar-refractivity contribution in [3.05, 3.63) is 65.7 Å². The van der Waals surface area contributed by atoms with Gasteiger partial charge in [0.15, 0.2) is 5.54 Å². The van der Waals surface area contributed by atoms with Crippen LogP contribution in [-0.4, -0.2) is 71.9 Å². The molecule has 2 aromatic carbocycles. The number of nitrogens with one attached hydrogen (secondary N) is 1. The summed E-state index contributed by atoms with van der Waals surface area (Å²) in [5.41, 5.74) is 0.739. The van der Waals surface area contributed by atoms with Crippen molar-refractivity contribution in [1.82, 2.24) is 20.0 Å². The summed E-state index contributed by atoms with van der Waals surface area (Å²) in [4.78, 5) is 44.1. The van der Waals surface area contributed by atoms with Crippen LogP contribution in [0.2, 0.25) is 0 Å². The summed E-state index contributed by atoms with van der Waals surface area (Å²) in [7, 11) is 0. The molecule has 3 heterocycles. The lowest BCUT2D eigenvalue weighted by molar-refractivity contribution is -0.140. The summed E-state index contributed by atoms with van der Waals surface area (Å²) in [6, 6.07) is 17.0. The summed E-state index contributed by atoms with van der Waals surface area (Å²) >= 11 is 0. The molecule has 0 saturated carbocycles. The Morgan fingerprint density at radius 1 is 0.969 bits per heavy atom. The maximum atomic E-state index is 13.3. The second-order valence-corrected chi connectivity index (χ2v) is 8.46. The Hall–Kier alpha value is -3.39. The zero-order chi connectivity index (χ0) is 22.1. The third-order valence-corrected chi connectivity index (χ3v) is 6.52. The summed E-state index contributed by atoms with van der Waals surface area (Å²) in [6.45, 7) is 3.61. The second-order valence-electron chi connectivity index (χ2n) is 8.46. The van der Waals surface area contributed by atoms with Crippen molar-refractivity contribution in [3.63, 3.8) is 0 Å². The van der Waals surface area contributed by atoms with Crippen molar-refractivity contribution >= 4 is 17.8 Å². The Balaban J connectivity index is 1.22. The normalized spacial score (nSPS) is 23.1. The lowest BCUT2D eigenvalue weighted by Gasteiger charge is -2.35. The number of carbonyl (C=O) groups is 3. The average molecular weight is 434 g/mol. The molecule has 2 saturated heterocycles. The number of nitrogens with zero attached hydrogens (tertiary/aromatic N) is 3. The smallest absolute Gasteiger partial charge is 0.325 e. The number of ether oxygens (including phenoxy) is 1. The zero-order valence-electron chi connectivity index (χ0n) is 17.8. The van der Waals surface area contributed by atoms with E-state index >= 15 is 0 Å². The molecule has 2 fully saturated rings. The molecule has 4 amide bonds. The number of carbonyl (C=O) groups excluding carboxylic acids is 3. The van der Waals surface area contributed by atoms with Gasteiger partial charge in [0.25, 0.3) is 5.91 Å². The summed E-state index contributed by atoms with van der Waals surface area (Å²) in [6.07, 6.45) is 0.345. The van der Waals surface area contributed by atoms with E-state index in [9.17, 15) is 14.4 Å². The lowest BCUT2D eigenvalue weighted by atomic mass is 9.84. The highest BCUT2D eigenvalue weighted by molar-refractivity contribution is 6.09. The van der Waals surface area contributed by atoms with Gasteiger partial charge in [0.2, 0.25) is 5.91 Å². The molecule has 3 aliphatic rings. The summed E-state index contributed by atoms with van der Waals surface area (Å²) < 4.78 is 5.66. The second kappa shape index (κ2) is 8.27. The number of piperazine rings is 1. The van der Waals surface area contributed by atoms with Crippen molar-refractivity contribution in [2.75, 3.05) is 39.3 Å². The monoisotopic (exact) mass is 434 g/mol. The van der Waals surface area contributed by atoms with Crippen molar-refractivity contribution in [3.8, 4) is 5.75 Å². The predicted octanol–water partition coefficient (Wildman–Crippen LogP) is 1.56. The number of amides is 4. The standard InChI is InChI=1S/C24H26N4O4/c29-21(27-13-11-26(12-14-27)16-18-6-2-1-3-7-18)17-28-22(30)24(25-23(28)31)10-15-32-20-9-5-4-8-19(20)24/h1-9H,10-17H2,(H,25,31). The first-order valence-corrected chi connectivity index (χ1v) is 11.0. The van der Waals surface area contributed by atoms with Crippen LogP contribution < -0.4 is 10.1 Å². The van der Waals surface area contributed by atoms with Crippen LogP contribution in [0.3, 0.4) is 0 Å². The molecule has 3 aliphatic heterocycles. The fourth-order valence-electron chi connectivity index (χ4n) is 4.75. The fourth-order valence-corrected chi connectivity index (χ4v) is 4.75. The van der Waals surface area contributed by atoms with Gasteiger partial charge in [0.1, 0.15) is 12.3 Å². The van der Waals surface area contributed by atoms with E-state index < -0.39 is 11.6 Å². The number of urea groups is 1. The molecule has 8 heteroatoms. The molecule has 0 aliphatic carbocycles. The first kappa shape index (κ1) is 20.5. The van der Waals surface area contributed by atoms with Gasteiger partial charge >= 0.3 is 6.03 Å². The number of hydrogen-bond donors (Lipinski definition) is 1. The topological polar surface area (TPSA) is 82.2 Å². The minimum absolute atomic E-state index is 0.203. The van der Waals surface area contributed by atoms with E-state index in [4.69, 9.17) is 4.74 Å². The maximum absolute atomic E-state index is 13.3. The third-order valence-electron chi connectivity index (χ3n) is 6.52. The van der Waals surface area contributed by atoms with Gasteiger partial charge < -0.3 is 15.0 Å². The van der Waals surface area contributed by atoms with E-state index in [1.54, 1.807) is 17.0 Å². The number of fused-ring (bicyclic) bond motifs is 2. The molecule has 1 unspecified atom stereocenters. The van der Waals surface area contributed by atoms with Gasteiger partial charge in [0, 0.05) is 44.7 Å². The van der Waals surface area contributed by atoms with E-state index in [1.807, 2.05) is 30.3 Å². The molecule has 1 N–H and O–H groups in total.